The van der Waals surface area contributed by atoms with Gasteiger partial charge < -0.3 is 16.0 Å². The molecule has 0 fully saturated rings. The molecule has 22 heavy (non-hydrogen) atoms. The van der Waals surface area contributed by atoms with E-state index in [9.17, 15) is 9.59 Å². The lowest BCUT2D eigenvalue weighted by Gasteiger charge is -2.13. The molecule has 0 spiro atoms. The first kappa shape index (κ1) is 15.6. The Kier molecular flexibility index (Phi) is 4.77. The van der Waals surface area contributed by atoms with Crippen LogP contribution in [0.25, 0.3) is 0 Å². The summed E-state index contributed by atoms with van der Waals surface area (Å²) < 4.78 is 1.59. The van der Waals surface area contributed by atoms with Gasteiger partial charge >= 0.3 is 6.03 Å². The number of amides is 3. The quantitative estimate of drug-likeness (QED) is 0.809. The van der Waals surface area contributed by atoms with Gasteiger partial charge in [0.25, 0.3) is 5.91 Å². The Balaban J connectivity index is 2.13. The first-order valence-corrected chi connectivity index (χ1v) is 6.92. The summed E-state index contributed by atoms with van der Waals surface area (Å²) in [6, 6.07) is 6.48. The molecule has 1 aromatic carbocycles. The molecule has 0 aliphatic rings. The Morgan fingerprint density at radius 3 is 2.55 bits per heavy atom. The molecule has 7 heteroatoms. The number of carbonyl (C=O) groups is 2. The maximum absolute atomic E-state index is 12.3. The molecule has 0 bridgehead atoms. The van der Waals surface area contributed by atoms with Crippen molar-refractivity contribution in [2.75, 3.05) is 10.6 Å². The molecule has 7 nitrogen and oxygen atoms in total. The molecule has 0 radical (unpaired) electrons. The van der Waals surface area contributed by atoms with E-state index in [0.717, 1.165) is 0 Å². The zero-order valence-corrected chi connectivity index (χ0v) is 12.8. The Bertz CT molecular complexity index is 678. The van der Waals surface area contributed by atoms with Gasteiger partial charge in [0, 0.05) is 19.3 Å². The number of anilines is 2. The molecule has 0 aliphatic carbocycles. The summed E-state index contributed by atoms with van der Waals surface area (Å²) in [5.74, 6) is -0.312. The molecule has 0 atom stereocenters. The average molecular weight is 301 g/mol. The van der Waals surface area contributed by atoms with Crippen LogP contribution in [0.3, 0.4) is 0 Å². The van der Waals surface area contributed by atoms with Crippen LogP contribution in [-0.2, 0) is 7.05 Å². The van der Waals surface area contributed by atoms with E-state index < -0.39 is 0 Å². The van der Waals surface area contributed by atoms with Crippen LogP contribution in [0.2, 0.25) is 0 Å². The number of hydrogen-bond donors (Lipinski definition) is 3. The Labute approximate surface area is 128 Å². The average Bonchev–Trinajstić information content (AvgIpc) is 2.83. The van der Waals surface area contributed by atoms with Crippen LogP contribution in [0.1, 0.15) is 24.2 Å². The highest BCUT2D eigenvalue weighted by molar-refractivity contribution is 6.09. The minimum Gasteiger partial charge on any atom is -0.336 e. The SMILES string of the molecule is CC(C)NC(=O)Nc1ccccc1C(=O)Nc1cnn(C)c1. The molecule has 1 aromatic heterocycles. The summed E-state index contributed by atoms with van der Waals surface area (Å²) in [4.78, 5) is 24.1. The number of urea groups is 1. The predicted molar refractivity (Wildman–Crippen MR) is 84.9 cm³/mol. The summed E-state index contributed by atoms with van der Waals surface area (Å²) in [5.41, 5.74) is 1.42. The van der Waals surface area contributed by atoms with Gasteiger partial charge in [-0.25, -0.2) is 4.79 Å². The fourth-order valence-electron chi connectivity index (χ4n) is 1.89. The van der Waals surface area contributed by atoms with Crippen LogP contribution < -0.4 is 16.0 Å². The predicted octanol–water partition coefficient (Wildman–Crippen LogP) is 2.20. The molecule has 2 rings (SSSR count). The van der Waals surface area contributed by atoms with Crippen molar-refractivity contribution < 1.29 is 9.59 Å². The van der Waals surface area contributed by atoms with Gasteiger partial charge in [-0.15, -0.1) is 0 Å². The molecule has 3 N–H and O–H groups in total. The van der Waals surface area contributed by atoms with Crippen LogP contribution in [0.15, 0.2) is 36.7 Å². The van der Waals surface area contributed by atoms with Crippen molar-refractivity contribution in [2.45, 2.75) is 19.9 Å². The van der Waals surface area contributed by atoms with E-state index in [2.05, 4.69) is 21.0 Å². The molecule has 1 heterocycles. The highest BCUT2D eigenvalue weighted by atomic mass is 16.2. The van der Waals surface area contributed by atoms with Crippen molar-refractivity contribution in [3.05, 3.63) is 42.2 Å². The van der Waals surface area contributed by atoms with Gasteiger partial charge in [-0.1, -0.05) is 12.1 Å². The fourth-order valence-corrected chi connectivity index (χ4v) is 1.89. The number of aryl methyl sites for hydroxylation is 1. The molecular formula is C15H19N5O2. The van der Waals surface area contributed by atoms with Crippen molar-refractivity contribution in [2.24, 2.45) is 7.05 Å². The van der Waals surface area contributed by atoms with E-state index in [4.69, 9.17) is 0 Å². The van der Waals surface area contributed by atoms with Gasteiger partial charge in [0.2, 0.25) is 0 Å². The highest BCUT2D eigenvalue weighted by Crippen LogP contribution is 2.17. The van der Waals surface area contributed by atoms with Crippen LogP contribution in [-0.4, -0.2) is 27.8 Å². The van der Waals surface area contributed by atoms with E-state index in [0.29, 0.717) is 16.9 Å². The summed E-state index contributed by atoms with van der Waals surface area (Å²) in [7, 11) is 1.77. The van der Waals surface area contributed by atoms with Crippen LogP contribution in [0.4, 0.5) is 16.2 Å². The van der Waals surface area contributed by atoms with Gasteiger partial charge in [0.05, 0.1) is 23.1 Å². The van der Waals surface area contributed by atoms with E-state index in [1.165, 1.54) is 0 Å². The third-order valence-electron chi connectivity index (χ3n) is 2.80. The summed E-state index contributed by atoms with van der Waals surface area (Å²) >= 11 is 0. The largest absolute Gasteiger partial charge is 0.336 e. The second-order valence-electron chi connectivity index (χ2n) is 5.16. The monoisotopic (exact) mass is 301 g/mol. The molecule has 116 valence electrons. The van der Waals surface area contributed by atoms with Gasteiger partial charge in [-0.05, 0) is 26.0 Å². The third-order valence-corrected chi connectivity index (χ3v) is 2.80. The number of nitrogens with zero attached hydrogens (tertiary/aromatic N) is 2. The molecule has 0 saturated carbocycles. The van der Waals surface area contributed by atoms with Crippen LogP contribution in [0.5, 0.6) is 0 Å². The molecule has 0 unspecified atom stereocenters. The highest BCUT2D eigenvalue weighted by Gasteiger charge is 2.14. The van der Waals surface area contributed by atoms with E-state index >= 15 is 0 Å². The van der Waals surface area contributed by atoms with Crippen molar-refractivity contribution in [3.8, 4) is 0 Å². The number of nitrogens with one attached hydrogen (secondary N) is 3. The van der Waals surface area contributed by atoms with E-state index in [1.807, 2.05) is 13.8 Å². The molecule has 0 aliphatic heterocycles. The Morgan fingerprint density at radius 2 is 1.91 bits per heavy atom. The zero-order chi connectivity index (χ0) is 16.1. The first-order chi connectivity index (χ1) is 10.5. The van der Waals surface area contributed by atoms with Crippen molar-refractivity contribution in [1.82, 2.24) is 15.1 Å². The maximum Gasteiger partial charge on any atom is 0.319 e. The molecule has 3 amide bonds. The topological polar surface area (TPSA) is 88.1 Å². The smallest absolute Gasteiger partial charge is 0.319 e. The normalized spacial score (nSPS) is 10.4. The van der Waals surface area contributed by atoms with Gasteiger partial charge in [-0.3, -0.25) is 9.48 Å². The molecular weight excluding hydrogens is 282 g/mol. The third kappa shape index (κ3) is 4.08. The summed E-state index contributed by atoms with van der Waals surface area (Å²) in [6.07, 6.45) is 3.25. The number of rotatable bonds is 4. The molecule has 0 saturated heterocycles. The summed E-state index contributed by atoms with van der Waals surface area (Å²) in [6.45, 7) is 3.72. The van der Waals surface area contributed by atoms with Crippen molar-refractivity contribution in [1.29, 1.82) is 0 Å². The zero-order valence-electron chi connectivity index (χ0n) is 12.8. The minimum atomic E-state index is -0.350. The second-order valence-corrected chi connectivity index (χ2v) is 5.16. The lowest BCUT2D eigenvalue weighted by molar-refractivity contribution is 0.102. The summed E-state index contributed by atoms with van der Waals surface area (Å²) in [5, 5.41) is 12.1. The van der Waals surface area contributed by atoms with Gasteiger partial charge in [0.1, 0.15) is 0 Å². The van der Waals surface area contributed by atoms with Crippen LogP contribution >= 0.6 is 0 Å². The van der Waals surface area contributed by atoms with Gasteiger partial charge in [-0.2, -0.15) is 5.10 Å². The fraction of sp³-hybridized carbons (Fsp3) is 0.267. The number of hydrogen-bond acceptors (Lipinski definition) is 3. The van der Waals surface area contributed by atoms with Crippen LogP contribution in [0, 0.1) is 0 Å². The van der Waals surface area contributed by atoms with Crippen molar-refractivity contribution in [3.63, 3.8) is 0 Å². The Morgan fingerprint density at radius 1 is 1.18 bits per heavy atom. The van der Waals surface area contributed by atoms with Gasteiger partial charge in [0.15, 0.2) is 0 Å². The molecule has 2 aromatic rings. The maximum atomic E-state index is 12.3. The number of aromatic nitrogens is 2. The Hall–Kier alpha value is -2.83. The lowest BCUT2D eigenvalue weighted by atomic mass is 10.1. The van der Waals surface area contributed by atoms with E-state index in [-0.39, 0.29) is 18.0 Å². The number of benzene rings is 1. The minimum absolute atomic E-state index is 0.0105. The lowest BCUT2D eigenvalue weighted by Crippen LogP contribution is -2.34. The van der Waals surface area contributed by atoms with Crippen molar-refractivity contribution >= 4 is 23.3 Å². The number of carbonyl (C=O) groups excluding carboxylic acids is 2. The second kappa shape index (κ2) is 6.75. The van der Waals surface area contributed by atoms with E-state index in [1.54, 1.807) is 48.4 Å². The number of para-hydroxylation sites is 1. The standard InChI is InChI=1S/C15H19N5O2/c1-10(2)17-15(22)19-13-7-5-4-6-12(13)14(21)18-11-8-16-20(3)9-11/h4-10H,1-3H3,(H,18,21)(H2,17,19,22). The first-order valence-electron chi connectivity index (χ1n) is 6.92.